The molecule has 1 N–H and O–H groups in total. The van der Waals surface area contributed by atoms with Crippen molar-refractivity contribution >= 4 is 0 Å². The van der Waals surface area contributed by atoms with Crippen molar-refractivity contribution in [2.24, 2.45) is 0 Å². The first-order chi connectivity index (χ1) is 9.24. The largest absolute Gasteiger partial charge is 0.306 e. The van der Waals surface area contributed by atoms with Gasteiger partial charge in [-0.3, -0.25) is 0 Å². The molecule has 0 aromatic rings. The summed E-state index contributed by atoms with van der Waals surface area (Å²) < 4.78 is 0. The Balaban J connectivity index is 2.00. The topological polar surface area (TPSA) is 12.0 Å². The summed E-state index contributed by atoms with van der Waals surface area (Å²) in [7, 11) is 0. The SMILES string of the molecule is CCCCC1(NC2(CCCC)CCCC2)CCCC1. The monoisotopic (exact) mass is 265 g/mol. The third-order valence-corrected chi connectivity index (χ3v) is 5.67. The minimum Gasteiger partial charge on any atom is -0.306 e. The van der Waals surface area contributed by atoms with E-state index in [1.165, 1.54) is 89.9 Å². The molecular weight excluding hydrogens is 230 g/mol. The molecule has 0 amide bonds. The third kappa shape index (κ3) is 3.97. The van der Waals surface area contributed by atoms with Crippen LogP contribution in [0.3, 0.4) is 0 Å². The van der Waals surface area contributed by atoms with Crippen molar-refractivity contribution in [3.05, 3.63) is 0 Å². The Labute approximate surface area is 120 Å². The Bertz CT molecular complexity index is 220. The number of hydrogen-bond acceptors (Lipinski definition) is 1. The predicted molar refractivity (Wildman–Crippen MR) is 84.6 cm³/mol. The van der Waals surface area contributed by atoms with Crippen LogP contribution in [0.2, 0.25) is 0 Å². The molecule has 2 aliphatic rings. The van der Waals surface area contributed by atoms with Gasteiger partial charge in [0.2, 0.25) is 0 Å². The first-order valence-electron chi connectivity index (χ1n) is 9.04. The summed E-state index contributed by atoms with van der Waals surface area (Å²) in [6.45, 7) is 4.68. The maximum atomic E-state index is 4.27. The minimum atomic E-state index is 0.522. The fourth-order valence-corrected chi connectivity index (χ4v) is 4.57. The summed E-state index contributed by atoms with van der Waals surface area (Å²) in [4.78, 5) is 0. The van der Waals surface area contributed by atoms with Gasteiger partial charge in [-0.2, -0.15) is 0 Å². The molecule has 0 spiro atoms. The molecule has 2 fully saturated rings. The Morgan fingerprint density at radius 1 is 0.684 bits per heavy atom. The van der Waals surface area contributed by atoms with E-state index in [9.17, 15) is 0 Å². The van der Waals surface area contributed by atoms with Gasteiger partial charge in [0.25, 0.3) is 0 Å². The van der Waals surface area contributed by atoms with Gasteiger partial charge in [-0.1, -0.05) is 65.2 Å². The Hall–Kier alpha value is -0.0400. The summed E-state index contributed by atoms with van der Waals surface area (Å²) in [6.07, 6.45) is 20.0. The average molecular weight is 265 g/mol. The van der Waals surface area contributed by atoms with E-state index in [1.54, 1.807) is 0 Å². The second kappa shape index (κ2) is 7.11. The zero-order valence-electron chi connectivity index (χ0n) is 13.4. The Kier molecular flexibility index (Phi) is 5.74. The molecule has 2 aliphatic carbocycles. The van der Waals surface area contributed by atoms with Crippen molar-refractivity contribution in [2.75, 3.05) is 0 Å². The fourth-order valence-electron chi connectivity index (χ4n) is 4.57. The van der Waals surface area contributed by atoms with Crippen LogP contribution in [0.5, 0.6) is 0 Å². The van der Waals surface area contributed by atoms with E-state index in [1.807, 2.05) is 0 Å². The molecule has 112 valence electrons. The average Bonchev–Trinajstić information content (AvgIpc) is 3.05. The highest BCUT2D eigenvalue weighted by Gasteiger charge is 2.42. The molecule has 1 heteroatoms. The zero-order valence-corrected chi connectivity index (χ0v) is 13.4. The van der Waals surface area contributed by atoms with Gasteiger partial charge in [-0.15, -0.1) is 0 Å². The van der Waals surface area contributed by atoms with Gasteiger partial charge >= 0.3 is 0 Å². The molecule has 0 atom stereocenters. The van der Waals surface area contributed by atoms with E-state index >= 15 is 0 Å². The molecule has 2 saturated carbocycles. The molecule has 19 heavy (non-hydrogen) atoms. The molecular formula is C18H35N. The molecule has 0 aromatic heterocycles. The number of rotatable bonds is 8. The van der Waals surface area contributed by atoms with Crippen LogP contribution in [0, 0.1) is 0 Å². The van der Waals surface area contributed by atoms with E-state index in [0.29, 0.717) is 11.1 Å². The molecule has 2 rings (SSSR count). The zero-order chi connectivity index (χ0) is 13.6. The summed E-state index contributed by atoms with van der Waals surface area (Å²) in [5, 5.41) is 4.27. The fraction of sp³-hybridized carbons (Fsp3) is 1.00. The van der Waals surface area contributed by atoms with Crippen molar-refractivity contribution in [2.45, 2.75) is 115 Å². The van der Waals surface area contributed by atoms with Crippen LogP contribution in [0.4, 0.5) is 0 Å². The standard InChI is InChI=1S/C18H35N/c1-3-5-11-17(13-7-8-14-17)19-18(12-6-4-2)15-9-10-16-18/h19H,3-16H2,1-2H3. The lowest BCUT2D eigenvalue weighted by Gasteiger charge is -2.42. The molecule has 1 nitrogen and oxygen atoms in total. The predicted octanol–water partition coefficient (Wildman–Crippen LogP) is 5.58. The quantitative estimate of drug-likeness (QED) is 0.604. The van der Waals surface area contributed by atoms with E-state index in [4.69, 9.17) is 0 Å². The highest BCUT2D eigenvalue weighted by molar-refractivity contribution is 5.02. The molecule has 0 saturated heterocycles. The first-order valence-corrected chi connectivity index (χ1v) is 9.04. The van der Waals surface area contributed by atoms with Gasteiger partial charge in [0, 0.05) is 11.1 Å². The van der Waals surface area contributed by atoms with Gasteiger partial charge in [0.05, 0.1) is 0 Å². The van der Waals surface area contributed by atoms with E-state index < -0.39 is 0 Å². The van der Waals surface area contributed by atoms with Gasteiger partial charge in [0.15, 0.2) is 0 Å². The lowest BCUT2D eigenvalue weighted by atomic mass is 9.83. The highest BCUT2D eigenvalue weighted by Crippen LogP contribution is 2.41. The van der Waals surface area contributed by atoms with E-state index in [-0.39, 0.29) is 0 Å². The number of hydrogen-bond donors (Lipinski definition) is 1. The van der Waals surface area contributed by atoms with Crippen LogP contribution in [0.1, 0.15) is 104 Å². The van der Waals surface area contributed by atoms with E-state index in [0.717, 1.165) is 0 Å². The van der Waals surface area contributed by atoms with Crippen LogP contribution in [-0.2, 0) is 0 Å². The molecule has 0 aliphatic heterocycles. The second-order valence-corrected chi connectivity index (χ2v) is 7.31. The van der Waals surface area contributed by atoms with Gasteiger partial charge in [-0.25, -0.2) is 0 Å². The number of nitrogens with one attached hydrogen (secondary N) is 1. The van der Waals surface area contributed by atoms with E-state index in [2.05, 4.69) is 19.2 Å². The summed E-state index contributed by atoms with van der Waals surface area (Å²) in [5.41, 5.74) is 1.04. The van der Waals surface area contributed by atoms with Crippen LogP contribution < -0.4 is 5.32 Å². The molecule has 0 unspecified atom stereocenters. The van der Waals surface area contributed by atoms with Crippen molar-refractivity contribution in [3.8, 4) is 0 Å². The summed E-state index contributed by atoms with van der Waals surface area (Å²) >= 11 is 0. The molecule has 0 heterocycles. The van der Waals surface area contributed by atoms with Crippen LogP contribution in [0.15, 0.2) is 0 Å². The minimum absolute atomic E-state index is 0.522. The second-order valence-electron chi connectivity index (χ2n) is 7.31. The maximum Gasteiger partial charge on any atom is 0.0186 e. The third-order valence-electron chi connectivity index (χ3n) is 5.67. The summed E-state index contributed by atoms with van der Waals surface area (Å²) in [5.74, 6) is 0. The lowest BCUT2D eigenvalue weighted by molar-refractivity contribution is 0.178. The first kappa shape index (κ1) is 15.4. The van der Waals surface area contributed by atoms with Crippen molar-refractivity contribution < 1.29 is 0 Å². The van der Waals surface area contributed by atoms with Crippen LogP contribution in [-0.4, -0.2) is 11.1 Å². The lowest BCUT2D eigenvalue weighted by Crippen LogP contribution is -2.55. The van der Waals surface area contributed by atoms with Gasteiger partial charge < -0.3 is 5.32 Å². The molecule has 0 radical (unpaired) electrons. The van der Waals surface area contributed by atoms with Gasteiger partial charge in [0.1, 0.15) is 0 Å². The molecule has 0 aromatic carbocycles. The number of unbranched alkanes of at least 4 members (excludes halogenated alkanes) is 2. The summed E-state index contributed by atoms with van der Waals surface area (Å²) in [6, 6.07) is 0. The Morgan fingerprint density at radius 2 is 1.05 bits per heavy atom. The maximum absolute atomic E-state index is 4.27. The van der Waals surface area contributed by atoms with Crippen molar-refractivity contribution in [1.82, 2.24) is 5.32 Å². The van der Waals surface area contributed by atoms with Crippen molar-refractivity contribution in [3.63, 3.8) is 0 Å². The smallest absolute Gasteiger partial charge is 0.0186 e. The highest BCUT2D eigenvalue weighted by atomic mass is 15.1. The van der Waals surface area contributed by atoms with Crippen molar-refractivity contribution in [1.29, 1.82) is 0 Å². The van der Waals surface area contributed by atoms with Crippen LogP contribution >= 0.6 is 0 Å². The molecule has 0 bridgehead atoms. The van der Waals surface area contributed by atoms with Crippen LogP contribution in [0.25, 0.3) is 0 Å². The normalized spacial score (nSPS) is 24.9. The van der Waals surface area contributed by atoms with Gasteiger partial charge in [-0.05, 0) is 38.5 Å². The Morgan fingerprint density at radius 3 is 1.37 bits per heavy atom.